The van der Waals surface area contributed by atoms with Crippen molar-refractivity contribution >= 4 is 0 Å². The van der Waals surface area contributed by atoms with Gasteiger partial charge in [-0.2, -0.15) is 0 Å². The number of rotatable bonds is 5. The van der Waals surface area contributed by atoms with Crippen molar-refractivity contribution < 1.29 is 0 Å². The summed E-state index contributed by atoms with van der Waals surface area (Å²) >= 11 is 0. The number of nitrogens with zero attached hydrogens (tertiary/aromatic N) is 1. The van der Waals surface area contributed by atoms with E-state index in [2.05, 4.69) is 43.3 Å². The fraction of sp³-hybridized carbons (Fsp3) is 0.643. The van der Waals surface area contributed by atoms with Crippen molar-refractivity contribution in [2.24, 2.45) is 11.8 Å². The Bertz CT molecular complexity index is 319. The Kier molecular flexibility index (Phi) is 3.59. The van der Waals surface area contributed by atoms with Crippen molar-refractivity contribution in [3.63, 3.8) is 0 Å². The van der Waals surface area contributed by atoms with E-state index in [1.54, 1.807) is 0 Å². The zero-order valence-corrected chi connectivity index (χ0v) is 10.5. The summed E-state index contributed by atoms with van der Waals surface area (Å²) in [5, 5.41) is 3.48. The fourth-order valence-electron chi connectivity index (χ4n) is 2.71. The largest absolute Gasteiger partial charge is 0.316 e. The van der Waals surface area contributed by atoms with Gasteiger partial charge in [0.2, 0.25) is 0 Å². The summed E-state index contributed by atoms with van der Waals surface area (Å²) in [6.07, 6.45) is 4.71. The molecule has 1 aromatic heterocycles. The topological polar surface area (TPSA) is 24.9 Å². The highest BCUT2D eigenvalue weighted by molar-refractivity contribution is 5.12. The summed E-state index contributed by atoms with van der Waals surface area (Å²) in [5.41, 5.74) is 1.20. The maximum absolute atomic E-state index is 4.47. The van der Waals surface area contributed by atoms with Gasteiger partial charge in [-0.15, -0.1) is 0 Å². The van der Waals surface area contributed by atoms with Gasteiger partial charge in [-0.25, -0.2) is 0 Å². The Morgan fingerprint density at radius 2 is 2.06 bits per heavy atom. The Labute approximate surface area is 98.5 Å². The molecule has 0 radical (unpaired) electrons. The molecule has 1 aliphatic carbocycles. The Morgan fingerprint density at radius 1 is 1.31 bits per heavy atom. The van der Waals surface area contributed by atoms with Crippen molar-refractivity contribution in [2.45, 2.75) is 38.6 Å². The van der Waals surface area contributed by atoms with Crippen molar-refractivity contribution in [3.8, 4) is 0 Å². The quantitative estimate of drug-likeness (QED) is 0.822. The normalized spacial score (nSPS) is 21.4. The Balaban J connectivity index is 2.08. The lowest BCUT2D eigenvalue weighted by Crippen LogP contribution is -2.38. The number of nitrogens with one attached hydrogen (secondary N) is 1. The van der Waals surface area contributed by atoms with E-state index >= 15 is 0 Å². The van der Waals surface area contributed by atoms with E-state index in [0.29, 0.717) is 12.0 Å². The lowest BCUT2D eigenvalue weighted by molar-refractivity contribution is 0.319. The molecule has 0 spiro atoms. The molecule has 1 saturated carbocycles. The smallest absolute Gasteiger partial charge is 0.0447 e. The van der Waals surface area contributed by atoms with E-state index in [1.165, 1.54) is 18.5 Å². The molecule has 1 N–H and O–H groups in total. The minimum absolute atomic E-state index is 0.488. The van der Waals surface area contributed by atoms with Crippen molar-refractivity contribution in [3.05, 3.63) is 30.1 Å². The Hall–Kier alpha value is -0.890. The molecule has 88 valence electrons. The molecule has 3 unspecified atom stereocenters. The summed E-state index contributed by atoms with van der Waals surface area (Å²) in [6.45, 7) is 4.65. The number of likely N-dealkylation sites (N-methyl/N-ethyl adjacent to an activating group) is 1. The molecule has 2 heteroatoms. The van der Waals surface area contributed by atoms with Crippen LogP contribution in [0.5, 0.6) is 0 Å². The Morgan fingerprint density at radius 3 is 2.56 bits per heavy atom. The highest BCUT2D eigenvalue weighted by Crippen LogP contribution is 2.40. The molecule has 1 heterocycles. The fourth-order valence-corrected chi connectivity index (χ4v) is 2.71. The number of hydrogen-bond donors (Lipinski definition) is 1. The second-order valence-electron chi connectivity index (χ2n) is 5.05. The van der Waals surface area contributed by atoms with E-state index in [1.807, 2.05) is 12.3 Å². The van der Waals surface area contributed by atoms with Gasteiger partial charge < -0.3 is 5.32 Å². The molecule has 0 saturated heterocycles. The van der Waals surface area contributed by atoms with Gasteiger partial charge in [0.25, 0.3) is 0 Å². The molecule has 0 aromatic carbocycles. The molecule has 0 aliphatic heterocycles. The van der Waals surface area contributed by atoms with Crippen LogP contribution in [-0.2, 0) is 0 Å². The summed E-state index contributed by atoms with van der Waals surface area (Å²) in [5.74, 6) is 2.17. The summed E-state index contributed by atoms with van der Waals surface area (Å²) < 4.78 is 0. The first-order chi connectivity index (χ1) is 7.74. The molecule has 0 amide bonds. The van der Waals surface area contributed by atoms with Crippen molar-refractivity contribution in [2.75, 3.05) is 7.05 Å². The van der Waals surface area contributed by atoms with Crippen LogP contribution in [0.2, 0.25) is 0 Å². The average Bonchev–Trinajstić information content (AvgIpc) is 3.14. The highest BCUT2D eigenvalue weighted by Gasteiger charge is 2.35. The second-order valence-corrected chi connectivity index (χ2v) is 5.05. The minimum atomic E-state index is 0.488. The molecule has 1 fully saturated rings. The maximum Gasteiger partial charge on any atom is 0.0447 e. The van der Waals surface area contributed by atoms with Gasteiger partial charge in [0.05, 0.1) is 0 Å². The van der Waals surface area contributed by atoms with Crippen LogP contribution in [0.1, 0.15) is 38.3 Å². The first kappa shape index (κ1) is 11.6. The van der Waals surface area contributed by atoms with E-state index < -0.39 is 0 Å². The predicted molar refractivity (Wildman–Crippen MR) is 67.4 cm³/mol. The minimum Gasteiger partial charge on any atom is -0.316 e. The van der Waals surface area contributed by atoms with Crippen LogP contribution in [0, 0.1) is 11.8 Å². The molecule has 1 aromatic rings. The molecule has 2 rings (SSSR count). The molecular weight excluding hydrogens is 196 g/mol. The zero-order chi connectivity index (χ0) is 11.5. The van der Waals surface area contributed by atoms with Gasteiger partial charge in [0.15, 0.2) is 0 Å². The van der Waals surface area contributed by atoms with Gasteiger partial charge in [0, 0.05) is 23.9 Å². The van der Waals surface area contributed by atoms with Gasteiger partial charge in [-0.05, 0) is 43.9 Å². The monoisotopic (exact) mass is 218 g/mol. The molecular formula is C14H22N2. The number of aromatic nitrogens is 1. The predicted octanol–water partition coefficient (Wildman–Crippen LogP) is 2.82. The van der Waals surface area contributed by atoms with Crippen molar-refractivity contribution in [1.82, 2.24) is 10.3 Å². The average molecular weight is 218 g/mol. The van der Waals surface area contributed by atoms with Crippen LogP contribution in [0.15, 0.2) is 24.4 Å². The van der Waals surface area contributed by atoms with Crippen molar-refractivity contribution in [1.29, 1.82) is 0 Å². The first-order valence-electron chi connectivity index (χ1n) is 6.32. The van der Waals surface area contributed by atoms with Gasteiger partial charge in [-0.1, -0.05) is 19.9 Å². The van der Waals surface area contributed by atoms with Gasteiger partial charge in [-0.3, -0.25) is 4.98 Å². The maximum atomic E-state index is 4.47. The summed E-state index contributed by atoms with van der Waals surface area (Å²) in [7, 11) is 2.07. The molecule has 2 nitrogen and oxygen atoms in total. The summed E-state index contributed by atoms with van der Waals surface area (Å²) in [4.78, 5) is 4.47. The first-order valence-corrected chi connectivity index (χ1v) is 6.32. The van der Waals surface area contributed by atoms with E-state index in [4.69, 9.17) is 0 Å². The molecule has 1 aliphatic rings. The number of pyridine rings is 1. The third-order valence-corrected chi connectivity index (χ3v) is 3.96. The van der Waals surface area contributed by atoms with Gasteiger partial charge >= 0.3 is 0 Å². The second kappa shape index (κ2) is 4.96. The van der Waals surface area contributed by atoms with Crippen LogP contribution >= 0.6 is 0 Å². The zero-order valence-electron chi connectivity index (χ0n) is 10.5. The van der Waals surface area contributed by atoms with E-state index in [0.717, 1.165) is 11.8 Å². The third kappa shape index (κ3) is 2.43. The van der Waals surface area contributed by atoms with Crippen LogP contribution < -0.4 is 5.32 Å². The van der Waals surface area contributed by atoms with Crippen LogP contribution in [0.25, 0.3) is 0 Å². The standard InChI is InChI=1S/C14H22N2/c1-10(12-7-8-12)14(15-3)11(2)13-6-4-5-9-16-13/h4-6,9-12,14-15H,7-8H2,1-3H3. The van der Waals surface area contributed by atoms with Gasteiger partial charge in [0.1, 0.15) is 0 Å². The molecule has 0 bridgehead atoms. The molecule has 16 heavy (non-hydrogen) atoms. The molecule has 3 atom stereocenters. The lowest BCUT2D eigenvalue weighted by atomic mass is 9.85. The van der Waals surface area contributed by atoms with E-state index in [-0.39, 0.29) is 0 Å². The third-order valence-electron chi connectivity index (χ3n) is 3.96. The SMILES string of the molecule is CNC(C(C)c1ccccn1)C(C)C1CC1. The van der Waals surface area contributed by atoms with Crippen LogP contribution in [0.3, 0.4) is 0 Å². The van der Waals surface area contributed by atoms with Crippen LogP contribution in [0.4, 0.5) is 0 Å². The number of hydrogen-bond acceptors (Lipinski definition) is 2. The highest BCUT2D eigenvalue weighted by atomic mass is 14.9. The van der Waals surface area contributed by atoms with E-state index in [9.17, 15) is 0 Å². The van der Waals surface area contributed by atoms with Crippen LogP contribution in [-0.4, -0.2) is 18.1 Å². The lowest BCUT2D eigenvalue weighted by Gasteiger charge is -2.29. The summed E-state index contributed by atoms with van der Waals surface area (Å²) in [6, 6.07) is 6.74.